The molecule has 0 aliphatic carbocycles. The number of benzene rings is 1. The van der Waals surface area contributed by atoms with Gasteiger partial charge in [0.25, 0.3) is 11.8 Å². The molecule has 0 saturated carbocycles. The summed E-state index contributed by atoms with van der Waals surface area (Å²) in [4.78, 5) is 40.5. The number of rotatable bonds is 2. The highest BCUT2D eigenvalue weighted by molar-refractivity contribution is 6.19. The molecule has 0 bridgehead atoms. The first-order valence-electron chi connectivity index (χ1n) is 7.46. The maximum absolute atomic E-state index is 12.6. The van der Waals surface area contributed by atoms with Crippen LogP contribution in [0.1, 0.15) is 20.8 Å². The van der Waals surface area contributed by atoms with E-state index in [2.05, 4.69) is 20.3 Å². The molecule has 3 heterocycles. The summed E-state index contributed by atoms with van der Waals surface area (Å²) in [6.45, 7) is 1.41. The molecule has 0 radical (unpaired) electrons. The van der Waals surface area contributed by atoms with Crippen molar-refractivity contribution in [2.24, 2.45) is 4.99 Å². The molecule has 2 aliphatic rings. The van der Waals surface area contributed by atoms with Gasteiger partial charge in [0.1, 0.15) is 5.69 Å². The second-order valence-corrected chi connectivity index (χ2v) is 5.47. The van der Waals surface area contributed by atoms with Crippen LogP contribution in [0.2, 0.25) is 0 Å². The number of amides is 2. The number of hydrogen-bond acceptors (Lipinski definition) is 6. The average molecular weight is 322 g/mol. The van der Waals surface area contributed by atoms with Crippen LogP contribution in [0, 0.1) is 0 Å². The maximum atomic E-state index is 12.6. The Morgan fingerprint density at radius 2 is 2.17 bits per heavy atom. The second kappa shape index (κ2) is 5.41. The number of hydrogen-bond donors (Lipinski definition) is 1. The van der Waals surface area contributed by atoms with Crippen molar-refractivity contribution in [3.05, 3.63) is 48.0 Å². The molecular weight excluding hydrogens is 308 g/mol. The van der Waals surface area contributed by atoms with Gasteiger partial charge in [0.05, 0.1) is 24.0 Å². The highest BCUT2D eigenvalue weighted by atomic mass is 16.2. The van der Waals surface area contributed by atoms with Gasteiger partial charge in [-0.05, 0) is 18.2 Å². The smallest absolute Gasteiger partial charge is 0.275 e. The first-order chi connectivity index (χ1) is 11.6. The third-order valence-electron chi connectivity index (χ3n) is 3.99. The molecule has 120 valence electrons. The third kappa shape index (κ3) is 2.19. The van der Waals surface area contributed by atoms with Crippen LogP contribution in [0.25, 0.3) is 0 Å². The molecule has 0 unspecified atom stereocenters. The molecule has 0 atom stereocenters. The second-order valence-electron chi connectivity index (χ2n) is 5.47. The van der Waals surface area contributed by atoms with Gasteiger partial charge in [-0.1, -0.05) is 0 Å². The zero-order valence-corrected chi connectivity index (χ0v) is 12.9. The molecule has 2 aliphatic heterocycles. The van der Waals surface area contributed by atoms with Gasteiger partial charge in [-0.2, -0.15) is 0 Å². The highest BCUT2D eigenvalue weighted by Gasteiger charge is 2.35. The number of fused-ring (bicyclic) bond motifs is 3. The lowest BCUT2D eigenvalue weighted by atomic mass is 10.1. The normalized spacial score (nSPS) is 15.7. The molecule has 8 heteroatoms. The summed E-state index contributed by atoms with van der Waals surface area (Å²) in [7, 11) is 1.70. The molecule has 1 aromatic heterocycles. The Morgan fingerprint density at radius 3 is 2.96 bits per heavy atom. The Labute approximate surface area is 137 Å². The zero-order valence-electron chi connectivity index (χ0n) is 12.9. The molecule has 2 amide bonds. The van der Waals surface area contributed by atoms with Crippen LogP contribution < -0.4 is 10.2 Å². The van der Waals surface area contributed by atoms with Crippen LogP contribution in [0.3, 0.4) is 0 Å². The topological polar surface area (TPSA) is 90.8 Å². The number of aliphatic imine (C=N–C) groups is 1. The average Bonchev–Trinajstić information content (AvgIpc) is 3.10. The molecule has 0 saturated heterocycles. The Morgan fingerprint density at radius 1 is 1.29 bits per heavy atom. The van der Waals surface area contributed by atoms with Gasteiger partial charge >= 0.3 is 0 Å². The van der Waals surface area contributed by atoms with Crippen molar-refractivity contribution >= 4 is 29.1 Å². The molecule has 8 nitrogen and oxygen atoms in total. The fourth-order valence-electron chi connectivity index (χ4n) is 2.85. The molecule has 0 fully saturated rings. The summed E-state index contributed by atoms with van der Waals surface area (Å²) in [5.41, 5.74) is 2.10. The molecule has 0 spiro atoms. The fraction of sp³-hybridized carbons (Fsp3) is 0.188. The van der Waals surface area contributed by atoms with Crippen LogP contribution >= 0.6 is 0 Å². The lowest BCUT2D eigenvalue weighted by Gasteiger charge is -2.33. The summed E-state index contributed by atoms with van der Waals surface area (Å²) < 4.78 is 0. The van der Waals surface area contributed by atoms with Crippen molar-refractivity contribution < 1.29 is 9.59 Å². The van der Waals surface area contributed by atoms with Crippen molar-refractivity contribution in [1.82, 2.24) is 14.9 Å². The molecule has 24 heavy (non-hydrogen) atoms. The van der Waals surface area contributed by atoms with E-state index in [1.807, 2.05) is 11.0 Å². The molecular formula is C16H14N6O2. The highest BCUT2D eigenvalue weighted by Crippen LogP contribution is 2.32. The van der Waals surface area contributed by atoms with Crippen molar-refractivity contribution in [3.8, 4) is 0 Å². The Kier molecular flexibility index (Phi) is 3.23. The fourth-order valence-corrected chi connectivity index (χ4v) is 2.85. The van der Waals surface area contributed by atoms with E-state index in [1.54, 1.807) is 19.2 Å². The Hall–Kier alpha value is -3.29. The molecule has 2 aromatic rings. The van der Waals surface area contributed by atoms with E-state index in [-0.39, 0.29) is 17.5 Å². The van der Waals surface area contributed by atoms with Gasteiger partial charge < -0.3 is 10.2 Å². The number of guanidine groups is 1. The first-order valence-corrected chi connectivity index (χ1v) is 7.46. The van der Waals surface area contributed by atoms with Gasteiger partial charge in [0.15, 0.2) is 0 Å². The number of aromatic nitrogens is 2. The minimum Gasteiger partial charge on any atom is -0.321 e. The third-order valence-corrected chi connectivity index (χ3v) is 3.99. The van der Waals surface area contributed by atoms with Gasteiger partial charge in [0.2, 0.25) is 5.96 Å². The van der Waals surface area contributed by atoms with Crippen LogP contribution in [-0.4, -0.2) is 52.8 Å². The molecule has 1 aromatic carbocycles. The van der Waals surface area contributed by atoms with Crippen molar-refractivity contribution in [1.29, 1.82) is 0 Å². The van der Waals surface area contributed by atoms with E-state index >= 15 is 0 Å². The van der Waals surface area contributed by atoms with E-state index in [0.29, 0.717) is 23.8 Å². The summed E-state index contributed by atoms with van der Waals surface area (Å²) in [5, 5.41) is 2.74. The standard InChI is InChI=1S/C16H14N6O2/c1-21-15(24)11-8-10(20-14(23)12-9-17-4-5-18-12)2-3-13(11)22-7-6-19-16(21)22/h2-5,8-9H,6-7H2,1H3,(H,20,23). The molecule has 1 N–H and O–H groups in total. The quantitative estimate of drug-likeness (QED) is 0.890. The summed E-state index contributed by atoms with van der Waals surface area (Å²) in [6.07, 6.45) is 4.34. The summed E-state index contributed by atoms with van der Waals surface area (Å²) in [5.74, 6) is 0.157. The van der Waals surface area contributed by atoms with Crippen LogP contribution in [0.5, 0.6) is 0 Å². The largest absolute Gasteiger partial charge is 0.321 e. The predicted octanol–water partition coefficient (Wildman–Crippen LogP) is 0.990. The minimum absolute atomic E-state index is 0.141. The van der Waals surface area contributed by atoms with E-state index in [1.165, 1.54) is 23.5 Å². The van der Waals surface area contributed by atoms with Crippen molar-refractivity contribution in [2.45, 2.75) is 0 Å². The number of anilines is 2. The lowest BCUT2D eigenvalue weighted by molar-refractivity contribution is 0.0865. The Balaban J connectivity index is 1.66. The van der Waals surface area contributed by atoms with Crippen molar-refractivity contribution in [2.75, 3.05) is 30.4 Å². The maximum Gasteiger partial charge on any atom is 0.275 e. The van der Waals surface area contributed by atoms with Gasteiger partial charge in [0, 0.05) is 31.7 Å². The van der Waals surface area contributed by atoms with Gasteiger partial charge in [-0.3, -0.25) is 24.5 Å². The van der Waals surface area contributed by atoms with E-state index in [4.69, 9.17) is 0 Å². The van der Waals surface area contributed by atoms with E-state index in [9.17, 15) is 9.59 Å². The predicted molar refractivity (Wildman–Crippen MR) is 88.2 cm³/mol. The number of nitrogens with one attached hydrogen (secondary N) is 1. The lowest BCUT2D eigenvalue weighted by Crippen LogP contribution is -2.48. The molecule has 4 rings (SSSR count). The minimum atomic E-state index is -0.372. The summed E-state index contributed by atoms with van der Waals surface area (Å²) in [6, 6.07) is 5.27. The van der Waals surface area contributed by atoms with Gasteiger partial charge in [-0.15, -0.1) is 0 Å². The summed E-state index contributed by atoms with van der Waals surface area (Å²) >= 11 is 0. The zero-order chi connectivity index (χ0) is 16.7. The SMILES string of the molecule is CN1C(=O)c2cc(NC(=O)c3cnccn3)ccc2N2CCN=C12. The number of carbonyl (C=O) groups excluding carboxylic acids is 2. The van der Waals surface area contributed by atoms with Gasteiger partial charge in [-0.25, -0.2) is 4.98 Å². The van der Waals surface area contributed by atoms with Crippen LogP contribution in [0.15, 0.2) is 41.8 Å². The monoisotopic (exact) mass is 322 g/mol. The van der Waals surface area contributed by atoms with Crippen molar-refractivity contribution in [3.63, 3.8) is 0 Å². The van der Waals surface area contributed by atoms with Crippen LogP contribution in [0.4, 0.5) is 11.4 Å². The first kappa shape index (κ1) is 14.3. The van der Waals surface area contributed by atoms with E-state index < -0.39 is 0 Å². The van der Waals surface area contributed by atoms with Crippen LogP contribution in [-0.2, 0) is 0 Å². The number of carbonyl (C=O) groups is 2. The van der Waals surface area contributed by atoms with E-state index in [0.717, 1.165) is 12.2 Å². The number of nitrogens with zero attached hydrogens (tertiary/aromatic N) is 5. The Bertz CT molecular complexity index is 864.